The molecule has 2 aromatic carbocycles. The van der Waals surface area contributed by atoms with E-state index in [0.29, 0.717) is 24.7 Å². The second kappa shape index (κ2) is 9.09. The van der Waals surface area contributed by atoms with Gasteiger partial charge in [-0.05, 0) is 42.7 Å². The summed E-state index contributed by atoms with van der Waals surface area (Å²) in [7, 11) is 0. The molecule has 4 rings (SSSR count). The van der Waals surface area contributed by atoms with E-state index in [9.17, 15) is 10.1 Å². The number of piperazine rings is 1. The van der Waals surface area contributed by atoms with E-state index in [1.54, 1.807) is 0 Å². The van der Waals surface area contributed by atoms with Gasteiger partial charge in [-0.3, -0.25) is 15.0 Å². The monoisotopic (exact) mass is 419 g/mol. The van der Waals surface area contributed by atoms with E-state index in [1.807, 2.05) is 55.1 Å². The van der Waals surface area contributed by atoms with Crippen molar-refractivity contribution >= 4 is 11.5 Å². The lowest BCUT2D eigenvalue weighted by Gasteiger charge is -2.35. The standard InChI is InChI=1S/C23H25N5O3/c1-17-12-18(2)14-20(13-17)31-23-21(28(29)30)22(24-16-25-23)27-10-8-26(9-11-27)15-19-6-4-3-5-7-19/h3-7,12-14,16H,8-11,15H2,1-2H3. The highest BCUT2D eigenvalue weighted by Gasteiger charge is 2.30. The van der Waals surface area contributed by atoms with Crippen molar-refractivity contribution in [2.24, 2.45) is 0 Å². The van der Waals surface area contributed by atoms with Crippen molar-refractivity contribution in [3.05, 3.63) is 81.7 Å². The van der Waals surface area contributed by atoms with Gasteiger partial charge >= 0.3 is 11.6 Å². The van der Waals surface area contributed by atoms with Gasteiger partial charge in [0.05, 0.1) is 4.92 Å². The molecule has 0 unspecified atom stereocenters. The highest BCUT2D eigenvalue weighted by molar-refractivity contribution is 5.63. The number of hydrogen-bond donors (Lipinski definition) is 0. The summed E-state index contributed by atoms with van der Waals surface area (Å²) in [6.45, 7) is 7.65. The van der Waals surface area contributed by atoms with Crippen LogP contribution in [0.1, 0.15) is 16.7 Å². The highest BCUT2D eigenvalue weighted by Crippen LogP contribution is 2.36. The predicted octanol–water partition coefficient (Wildman–Crippen LogP) is 4.12. The zero-order valence-electron chi connectivity index (χ0n) is 17.7. The number of hydrogen-bond acceptors (Lipinski definition) is 7. The van der Waals surface area contributed by atoms with Gasteiger partial charge in [0, 0.05) is 32.7 Å². The van der Waals surface area contributed by atoms with Crippen molar-refractivity contribution in [1.82, 2.24) is 14.9 Å². The number of aryl methyl sites for hydroxylation is 2. The molecule has 1 fully saturated rings. The van der Waals surface area contributed by atoms with Crippen molar-refractivity contribution in [3.8, 4) is 11.6 Å². The van der Waals surface area contributed by atoms with Crippen LogP contribution in [-0.4, -0.2) is 46.0 Å². The molecule has 0 spiro atoms. The summed E-state index contributed by atoms with van der Waals surface area (Å²) in [4.78, 5) is 24.1. The first kappa shape index (κ1) is 20.7. The Bertz CT molecular complexity index is 1050. The zero-order chi connectivity index (χ0) is 21.8. The van der Waals surface area contributed by atoms with Crippen LogP contribution in [-0.2, 0) is 6.54 Å². The van der Waals surface area contributed by atoms with E-state index in [-0.39, 0.29) is 11.6 Å². The maximum Gasteiger partial charge on any atom is 0.373 e. The van der Waals surface area contributed by atoms with Crippen molar-refractivity contribution in [2.45, 2.75) is 20.4 Å². The minimum Gasteiger partial charge on any atom is -0.434 e. The Kier molecular flexibility index (Phi) is 6.08. The van der Waals surface area contributed by atoms with Crippen LogP contribution in [0.15, 0.2) is 54.9 Å². The van der Waals surface area contributed by atoms with E-state index in [2.05, 4.69) is 27.0 Å². The number of benzene rings is 2. The van der Waals surface area contributed by atoms with Gasteiger partial charge < -0.3 is 9.64 Å². The van der Waals surface area contributed by atoms with Crippen LogP contribution in [0.4, 0.5) is 11.5 Å². The summed E-state index contributed by atoms with van der Waals surface area (Å²) < 4.78 is 5.83. The molecule has 0 amide bonds. The number of ether oxygens (including phenoxy) is 1. The molecular formula is C23H25N5O3. The molecule has 8 heteroatoms. The number of aromatic nitrogens is 2. The molecule has 0 saturated carbocycles. The maximum atomic E-state index is 11.9. The minimum absolute atomic E-state index is 0.0354. The Labute approximate surface area is 181 Å². The maximum absolute atomic E-state index is 11.9. The second-order valence-corrected chi connectivity index (χ2v) is 7.78. The van der Waals surface area contributed by atoms with Crippen LogP contribution >= 0.6 is 0 Å². The van der Waals surface area contributed by atoms with Crippen molar-refractivity contribution in [1.29, 1.82) is 0 Å². The van der Waals surface area contributed by atoms with Crippen molar-refractivity contribution in [3.63, 3.8) is 0 Å². The molecule has 0 aliphatic carbocycles. The van der Waals surface area contributed by atoms with Gasteiger partial charge in [0.1, 0.15) is 12.1 Å². The molecule has 1 aliphatic rings. The van der Waals surface area contributed by atoms with Gasteiger partial charge in [0.25, 0.3) is 0 Å². The molecule has 1 aromatic heterocycles. The zero-order valence-corrected chi connectivity index (χ0v) is 17.7. The van der Waals surface area contributed by atoms with Gasteiger partial charge in [0.15, 0.2) is 0 Å². The molecule has 0 radical (unpaired) electrons. The lowest BCUT2D eigenvalue weighted by molar-refractivity contribution is -0.385. The molecular weight excluding hydrogens is 394 g/mol. The average molecular weight is 419 g/mol. The predicted molar refractivity (Wildman–Crippen MR) is 119 cm³/mol. The smallest absolute Gasteiger partial charge is 0.373 e. The number of anilines is 1. The highest BCUT2D eigenvalue weighted by atomic mass is 16.6. The summed E-state index contributed by atoms with van der Waals surface area (Å²) in [5.74, 6) is 0.795. The topological polar surface area (TPSA) is 84.6 Å². The van der Waals surface area contributed by atoms with E-state index in [4.69, 9.17) is 4.74 Å². The van der Waals surface area contributed by atoms with E-state index < -0.39 is 4.92 Å². The molecule has 3 aromatic rings. The molecule has 31 heavy (non-hydrogen) atoms. The number of rotatable bonds is 6. The normalized spacial score (nSPS) is 14.5. The molecule has 8 nitrogen and oxygen atoms in total. The van der Waals surface area contributed by atoms with Gasteiger partial charge in [-0.2, -0.15) is 4.98 Å². The molecule has 0 atom stereocenters. The summed E-state index contributed by atoms with van der Waals surface area (Å²) in [5, 5.41) is 11.9. The fourth-order valence-electron chi connectivity index (χ4n) is 3.88. The first-order valence-corrected chi connectivity index (χ1v) is 10.3. The third kappa shape index (κ3) is 4.97. The fraction of sp³-hybridized carbons (Fsp3) is 0.304. The first-order chi connectivity index (χ1) is 15.0. The quantitative estimate of drug-likeness (QED) is 0.439. The van der Waals surface area contributed by atoms with E-state index in [0.717, 1.165) is 30.8 Å². The van der Waals surface area contributed by atoms with Crippen LogP contribution in [0.2, 0.25) is 0 Å². The van der Waals surface area contributed by atoms with Gasteiger partial charge in [-0.25, -0.2) is 4.98 Å². The largest absolute Gasteiger partial charge is 0.434 e. The van der Waals surface area contributed by atoms with Crippen LogP contribution in [0.25, 0.3) is 0 Å². The number of nitro groups is 1. The Morgan fingerprint density at radius 1 is 1.00 bits per heavy atom. The van der Waals surface area contributed by atoms with Crippen LogP contribution < -0.4 is 9.64 Å². The molecule has 1 saturated heterocycles. The van der Waals surface area contributed by atoms with Crippen molar-refractivity contribution < 1.29 is 9.66 Å². The summed E-state index contributed by atoms with van der Waals surface area (Å²) in [6, 6.07) is 16.0. The molecule has 0 bridgehead atoms. The molecule has 160 valence electrons. The molecule has 2 heterocycles. The average Bonchev–Trinajstić information content (AvgIpc) is 2.74. The molecule has 0 N–H and O–H groups in total. The summed E-state index contributed by atoms with van der Waals surface area (Å²) >= 11 is 0. The molecule has 1 aliphatic heterocycles. The second-order valence-electron chi connectivity index (χ2n) is 7.78. The van der Waals surface area contributed by atoms with Gasteiger partial charge in [0.2, 0.25) is 5.82 Å². The lowest BCUT2D eigenvalue weighted by Crippen LogP contribution is -2.46. The van der Waals surface area contributed by atoms with E-state index in [1.165, 1.54) is 11.9 Å². The Morgan fingerprint density at radius 2 is 1.68 bits per heavy atom. The minimum atomic E-state index is -0.455. The Hall–Kier alpha value is -3.52. The first-order valence-electron chi connectivity index (χ1n) is 10.3. The van der Waals surface area contributed by atoms with Gasteiger partial charge in [-0.15, -0.1) is 0 Å². The number of nitrogens with zero attached hydrogens (tertiary/aromatic N) is 5. The third-order valence-electron chi connectivity index (χ3n) is 5.28. The van der Waals surface area contributed by atoms with Gasteiger partial charge in [-0.1, -0.05) is 36.4 Å². The van der Waals surface area contributed by atoms with Crippen LogP contribution in [0, 0.1) is 24.0 Å². The van der Waals surface area contributed by atoms with Crippen molar-refractivity contribution in [2.75, 3.05) is 31.1 Å². The fourth-order valence-corrected chi connectivity index (χ4v) is 3.88. The summed E-state index contributed by atoms with van der Waals surface area (Å²) in [6.07, 6.45) is 1.33. The SMILES string of the molecule is Cc1cc(C)cc(Oc2ncnc(N3CCN(Cc4ccccc4)CC3)c2[N+](=O)[O-])c1. The van der Waals surface area contributed by atoms with Crippen LogP contribution in [0.3, 0.4) is 0 Å². The lowest BCUT2D eigenvalue weighted by atomic mass is 10.1. The Morgan fingerprint density at radius 3 is 2.32 bits per heavy atom. The van der Waals surface area contributed by atoms with E-state index >= 15 is 0 Å². The third-order valence-corrected chi connectivity index (χ3v) is 5.28. The Balaban J connectivity index is 1.52. The van der Waals surface area contributed by atoms with Crippen LogP contribution in [0.5, 0.6) is 11.6 Å². The summed E-state index contributed by atoms with van der Waals surface area (Å²) in [5.41, 5.74) is 3.09.